The number of likely N-dealkylation sites (tertiary alicyclic amines) is 1. The Bertz CT molecular complexity index is 483. The predicted octanol–water partition coefficient (Wildman–Crippen LogP) is 2.57. The first kappa shape index (κ1) is 16.8. The standard InChI is InChI=1S/C17H25NO4/c1-17(2,3)22-16(20)18-10-15(19)9-14(18)12-21-11-13-7-5-4-6-8-13/h4-8,14-15,19H,9-12H2,1-3H3/t14-,15?/m0/s1. The Morgan fingerprint density at radius 3 is 2.64 bits per heavy atom. The van der Waals surface area contributed by atoms with Gasteiger partial charge in [0, 0.05) is 0 Å². The van der Waals surface area contributed by atoms with Crippen molar-refractivity contribution in [2.75, 3.05) is 13.2 Å². The predicted molar refractivity (Wildman–Crippen MR) is 83.4 cm³/mol. The van der Waals surface area contributed by atoms with Gasteiger partial charge in [-0.3, -0.25) is 0 Å². The molecule has 1 N–H and O–H groups in total. The van der Waals surface area contributed by atoms with Crippen LogP contribution < -0.4 is 0 Å². The zero-order valence-corrected chi connectivity index (χ0v) is 13.5. The molecular weight excluding hydrogens is 282 g/mol. The number of carbonyl (C=O) groups is 1. The third-order valence-corrected chi connectivity index (χ3v) is 3.44. The van der Waals surface area contributed by atoms with Gasteiger partial charge in [-0.05, 0) is 32.8 Å². The van der Waals surface area contributed by atoms with Gasteiger partial charge in [0.25, 0.3) is 0 Å². The molecule has 0 radical (unpaired) electrons. The average Bonchev–Trinajstić information content (AvgIpc) is 2.79. The lowest BCUT2D eigenvalue weighted by Gasteiger charge is -2.28. The molecule has 2 atom stereocenters. The number of carbonyl (C=O) groups excluding carboxylic acids is 1. The van der Waals surface area contributed by atoms with Gasteiger partial charge in [-0.1, -0.05) is 30.3 Å². The van der Waals surface area contributed by atoms with E-state index < -0.39 is 17.8 Å². The molecule has 1 aromatic rings. The molecule has 5 nitrogen and oxygen atoms in total. The molecule has 5 heteroatoms. The third kappa shape index (κ3) is 5.00. The molecule has 1 fully saturated rings. The Balaban J connectivity index is 1.86. The number of β-amino-alcohol motifs (C(OH)–C–C–N with tert-alkyl or cyclic N) is 1. The van der Waals surface area contributed by atoms with Gasteiger partial charge in [-0.15, -0.1) is 0 Å². The van der Waals surface area contributed by atoms with Crippen LogP contribution in [0.3, 0.4) is 0 Å². The summed E-state index contributed by atoms with van der Waals surface area (Å²) in [5, 5.41) is 9.83. The Morgan fingerprint density at radius 2 is 2.00 bits per heavy atom. The second kappa shape index (κ2) is 7.11. The number of aliphatic hydroxyl groups excluding tert-OH is 1. The highest BCUT2D eigenvalue weighted by atomic mass is 16.6. The van der Waals surface area contributed by atoms with Gasteiger partial charge in [0.05, 0.1) is 31.9 Å². The molecule has 1 aliphatic rings. The molecule has 122 valence electrons. The second-order valence-electron chi connectivity index (χ2n) is 6.68. The van der Waals surface area contributed by atoms with Gasteiger partial charge in [0.2, 0.25) is 0 Å². The molecular formula is C17H25NO4. The molecule has 22 heavy (non-hydrogen) atoms. The van der Waals surface area contributed by atoms with Gasteiger partial charge >= 0.3 is 6.09 Å². The number of amides is 1. The molecule has 0 aromatic heterocycles. The van der Waals surface area contributed by atoms with Crippen molar-refractivity contribution in [2.45, 2.75) is 51.5 Å². The van der Waals surface area contributed by atoms with Crippen molar-refractivity contribution in [2.24, 2.45) is 0 Å². The fraction of sp³-hybridized carbons (Fsp3) is 0.588. The Labute approximate surface area is 131 Å². The summed E-state index contributed by atoms with van der Waals surface area (Å²) >= 11 is 0. The first-order chi connectivity index (χ1) is 10.3. The monoisotopic (exact) mass is 307 g/mol. The summed E-state index contributed by atoms with van der Waals surface area (Å²) in [5.41, 5.74) is 0.546. The van der Waals surface area contributed by atoms with E-state index in [9.17, 15) is 9.90 Å². The van der Waals surface area contributed by atoms with E-state index in [1.54, 1.807) is 4.90 Å². The zero-order valence-electron chi connectivity index (χ0n) is 13.5. The van der Waals surface area contributed by atoms with Gasteiger partial charge in [-0.25, -0.2) is 4.79 Å². The summed E-state index contributed by atoms with van der Waals surface area (Å²) in [6, 6.07) is 9.73. The highest BCUT2D eigenvalue weighted by Gasteiger charge is 2.36. The molecule has 0 spiro atoms. The van der Waals surface area contributed by atoms with Crippen LogP contribution in [0.4, 0.5) is 4.79 Å². The molecule has 2 rings (SSSR count). The quantitative estimate of drug-likeness (QED) is 0.929. The van der Waals surface area contributed by atoms with Crippen molar-refractivity contribution >= 4 is 6.09 Å². The van der Waals surface area contributed by atoms with Crippen LogP contribution in [0.1, 0.15) is 32.8 Å². The van der Waals surface area contributed by atoms with Gasteiger partial charge in [0.1, 0.15) is 5.60 Å². The summed E-state index contributed by atoms with van der Waals surface area (Å²) in [6.07, 6.45) is -0.385. The van der Waals surface area contributed by atoms with E-state index in [0.717, 1.165) is 5.56 Å². The summed E-state index contributed by atoms with van der Waals surface area (Å²) in [7, 11) is 0. The van der Waals surface area contributed by atoms with Gasteiger partial charge in [0.15, 0.2) is 0 Å². The van der Waals surface area contributed by atoms with E-state index in [1.807, 2.05) is 51.1 Å². The minimum Gasteiger partial charge on any atom is -0.444 e. The first-order valence-corrected chi connectivity index (χ1v) is 7.64. The summed E-state index contributed by atoms with van der Waals surface area (Å²) < 4.78 is 11.1. The van der Waals surface area contributed by atoms with E-state index >= 15 is 0 Å². The minimum atomic E-state index is -0.542. The van der Waals surface area contributed by atoms with Crippen molar-refractivity contribution in [1.82, 2.24) is 4.90 Å². The van der Waals surface area contributed by atoms with Crippen molar-refractivity contribution in [1.29, 1.82) is 0 Å². The highest BCUT2D eigenvalue weighted by molar-refractivity contribution is 5.69. The van der Waals surface area contributed by atoms with E-state index in [4.69, 9.17) is 9.47 Å². The number of benzene rings is 1. The smallest absolute Gasteiger partial charge is 0.410 e. The summed E-state index contributed by atoms with van der Waals surface area (Å²) in [4.78, 5) is 13.8. The second-order valence-corrected chi connectivity index (χ2v) is 6.68. The number of hydrogen-bond donors (Lipinski definition) is 1. The van der Waals surface area contributed by atoms with Crippen molar-refractivity contribution in [3.8, 4) is 0 Å². The number of ether oxygens (including phenoxy) is 2. The van der Waals surface area contributed by atoms with Gasteiger partial charge in [-0.2, -0.15) is 0 Å². The average molecular weight is 307 g/mol. The van der Waals surface area contributed by atoms with Crippen LogP contribution in [0.2, 0.25) is 0 Å². The molecule has 1 aliphatic heterocycles. The molecule has 1 aromatic carbocycles. The fourth-order valence-electron chi connectivity index (χ4n) is 2.48. The number of hydrogen-bond acceptors (Lipinski definition) is 4. The normalized spacial score (nSPS) is 21.9. The van der Waals surface area contributed by atoms with Crippen molar-refractivity contribution in [3.05, 3.63) is 35.9 Å². The Hall–Kier alpha value is -1.59. The van der Waals surface area contributed by atoms with E-state index in [-0.39, 0.29) is 6.04 Å². The third-order valence-electron chi connectivity index (χ3n) is 3.44. The SMILES string of the molecule is CC(C)(C)OC(=O)N1CC(O)C[C@H]1COCc1ccccc1. The number of rotatable bonds is 4. The molecule has 0 bridgehead atoms. The number of aliphatic hydroxyl groups is 1. The molecule has 1 saturated heterocycles. The van der Waals surface area contributed by atoms with Crippen LogP contribution >= 0.6 is 0 Å². The highest BCUT2D eigenvalue weighted by Crippen LogP contribution is 2.22. The Morgan fingerprint density at radius 1 is 1.32 bits per heavy atom. The molecule has 1 amide bonds. The lowest BCUT2D eigenvalue weighted by molar-refractivity contribution is 0.00815. The van der Waals surface area contributed by atoms with Crippen LogP contribution in [0.15, 0.2) is 30.3 Å². The van der Waals surface area contributed by atoms with E-state index in [2.05, 4.69) is 0 Å². The lowest BCUT2D eigenvalue weighted by atomic mass is 10.2. The largest absolute Gasteiger partial charge is 0.444 e. The van der Waals surface area contributed by atoms with Crippen LogP contribution in [0.25, 0.3) is 0 Å². The van der Waals surface area contributed by atoms with Gasteiger partial charge < -0.3 is 19.5 Å². The molecule has 0 aliphatic carbocycles. The molecule has 1 unspecified atom stereocenters. The maximum Gasteiger partial charge on any atom is 0.410 e. The fourth-order valence-corrected chi connectivity index (χ4v) is 2.48. The Kier molecular flexibility index (Phi) is 5.42. The van der Waals surface area contributed by atoms with Crippen LogP contribution in [-0.2, 0) is 16.1 Å². The van der Waals surface area contributed by atoms with Crippen LogP contribution in [0.5, 0.6) is 0 Å². The topological polar surface area (TPSA) is 59.0 Å². The first-order valence-electron chi connectivity index (χ1n) is 7.64. The number of nitrogens with zero attached hydrogens (tertiary/aromatic N) is 1. The minimum absolute atomic E-state index is 0.145. The van der Waals surface area contributed by atoms with Crippen molar-refractivity contribution in [3.63, 3.8) is 0 Å². The summed E-state index contributed by atoms with van der Waals surface area (Å²) in [5.74, 6) is 0. The van der Waals surface area contributed by atoms with E-state index in [1.165, 1.54) is 0 Å². The maximum absolute atomic E-state index is 12.2. The lowest BCUT2D eigenvalue weighted by Crippen LogP contribution is -2.42. The van der Waals surface area contributed by atoms with E-state index in [0.29, 0.717) is 26.2 Å². The van der Waals surface area contributed by atoms with Crippen molar-refractivity contribution < 1.29 is 19.4 Å². The maximum atomic E-state index is 12.2. The molecule has 1 heterocycles. The molecule has 0 saturated carbocycles. The zero-order chi connectivity index (χ0) is 16.2. The van der Waals surface area contributed by atoms with Crippen LogP contribution in [0, 0.1) is 0 Å². The van der Waals surface area contributed by atoms with Crippen LogP contribution in [-0.4, -0.2) is 47.0 Å². The summed E-state index contributed by atoms with van der Waals surface area (Å²) in [6.45, 7) is 6.68.